The molecule has 0 amide bonds. The molecule has 0 radical (unpaired) electrons. The van der Waals surface area contributed by atoms with E-state index in [1.165, 1.54) is 50.0 Å². The third kappa shape index (κ3) is 2.26. The zero-order valence-corrected chi connectivity index (χ0v) is 11.4. The Morgan fingerprint density at radius 2 is 2.12 bits per heavy atom. The Morgan fingerprint density at radius 3 is 2.81 bits per heavy atom. The van der Waals surface area contributed by atoms with Crippen LogP contribution in [0.1, 0.15) is 38.5 Å². The monoisotopic (exact) mass is 260 g/mol. The van der Waals surface area contributed by atoms with Gasteiger partial charge < -0.3 is 4.74 Å². The van der Waals surface area contributed by atoms with Gasteiger partial charge in [0.05, 0.1) is 5.60 Å². The zero-order valence-electron chi connectivity index (χ0n) is 9.79. The number of hydrogen-bond donors (Lipinski definition) is 0. The van der Waals surface area contributed by atoms with Gasteiger partial charge in [-0.1, -0.05) is 0 Å². The molecule has 0 N–H and O–H groups in total. The Bertz CT molecular complexity index is 252. The number of thioether (sulfide) groups is 1. The Labute approximate surface area is 108 Å². The number of alkyl halides is 1. The van der Waals surface area contributed by atoms with Gasteiger partial charge in [0.1, 0.15) is 0 Å². The summed E-state index contributed by atoms with van der Waals surface area (Å²) in [6, 6.07) is 0. The van der Waals surface area contributed by atoms with Crippen LogP contribution in [0.4, 0.5) is 0 Å². The number of hydrogen-bond acceptors (Lipinski definition) is 2. The van der Waals surface area contributed by atoms with Gasteiger partial charge in [0.2, 0.25) is 0 Å². The van der Waals surface area contributed by atoms with E-state index in [2.05, 4.69) is 11.8 Å². The fraction of sp³-hybridized carbons (Fsp3) is 1.00. The molecular weight excluding hydrogens is 240 g/mol. The molecule has 0 aromatic rings. The highest BCUT2D eigenvalue weighted by Gasteiger charge is 2.43. The second kappa shape index (κ2) is 4.70. The molecule has 3 aliphatic rings. The Kier molecular flexibility index (Phi) is 3.43. The smallest absolute Gasteiger partial charge is 0.0783 e. The van der Waals surface area contributed by atoms with E-state index < -0.39 is 0 Å². The minimum absolute atomic E-state index is 0.262. The van der Waals surface area contributed by atoms with Crippen molar-refractivity contribution in [2.24, 2.45) is 11.8 Å². The van der Waals surface area contributed by atoms with Crippen LogP contribution in [0.3, 0.4) is 0 Å². The standard InChI is InChI=1S/C13H21ClOS/c14-12-2-1-10(7-12)11-3-5-15-13(8-11)4-6-16-9-13/h10-12H,1-9H2. The topological polar surface area (TPSA) is 9.23 Å². The summed E-state index contributed by atoms with van der Waals surface area (Å²) in [7, 11) is 0. The molecule has 1 spiro atoms. The van der Waals surface area contributed by atoms with Crippen molar-refractivity contribution in [2.75, 3.05) is 18.1 Å². The lowest BCUT2D eigenvalue weighted by atomic mass is 9.77. The molecule has 0 bridgehead atoms. The minimum Gasteiger partial charge on any atom is -0.374 e. The van der Waals surface area contributed by atoms with Crippen LogP contribution in [0.2, 0.25) is 0 Å². The van der Waals surface area contributed by atoms with Crippen LogP contribution in [0, 0.1) is 11.8 Å². The number of halogens is 1. The van der Waals surface area contributed by atoms with Crippen LogP contribution < -0.4 is 0 Å². The third-order valence-electron chi connectivity index (χ3n) is 4.67. The summed E-state index contributed by atoms with van der Waals surface area (Å²) in [4.78, 5) is 0. The van der Waals surface area contributed by atoms with Crippen molar-refractivity contribution in [1.29, 1.82) is 0 Å². The molecule has 2 aliphatic heterocycles. The molecule has 3 rings (SSSR count). The first-order valence-corrected chi connectivity index (χ1v) is 8.22. The summed E-state index contributed by atoms with van der Waals surface area (Å²) in [6.07, 6.45) is 7.74. The van der Waals surface area contributed by atoms with E-state index in [1.807, 2.05) is 0 Å². The van der Waals surface area contributed by atoms with Gasteiger partial charge in [0.25, 0.3) is 0 Å². The SMILES string of the molecule is ClC1CCC(C2CCOC3(CCSC3)C2)C1. The molecule has 4 unspecified atom stereocenters. The molecule has 3 fully saturated rings. The van der Waals surface area contributed by atoms with Gasteiger partial charge in [-0.15, -0.1) is 11.6 Å². The van der Waals surface area contributed by atoms with Crippen molar-refractivity contribution in [3.63, 3.8) is 0 Å². The first kappa shape index (κ1) is 11.7. The molecule has 2 heterocycles. The normalized spacial score (nSPS) is 48.9. The van der Waals surface area contributed by atoms with Gasteiger partial charge in [0.15, 0.2) is 0 Å². The predicted octanol–water partition coefficient (Wildman–Crippen LogP) is 3.70. The quantitative estimate of drug-likeness (QED) is 0.665. The molecule has 4 atom stereocenters. The van der Waals surface area contributed by atoms with E-state index in [1.54, 1.807) is 0 Å². The molecule has 0 aromatic carbocycles. The lowest BCUT2D eigenvalue weighted by Gasteiger charge is -2.40. The van der Waals surface area contributed by atoms with Crippen molar-refractivity contribution >= 4 is 23.4 Å². The molecule has 1 saturated carbocycles. The highest BCUT2D eigenvalue weighted by molar-refractivity contribution is 7.99. The predicted molar refractivity (Wildman–Crippen MR) is 70.3 cm³/mol. The van der Waals surface area contributed by atoms with E-state index in [0.717, 1.165) is 18.4 Å². The van der Waals surface area contributed by atoms with Crippen molar-refractivity contribution in [3.05, 3.63) is 0 Å². The van der Waals surface area contributed by atoms with E-state index in [9.17, 15) is 0 Å². The lowest BCUT2D eigenvalue weighted by molar-refractivity contribution is -0.0886. The van der Waals surface area contributed by atoms with Gasteiger partial charge in [-0.2, -0.15) is 11.8 Å². The van der Waals surface area contributed by atoms with Gasteiger partial charge in [-0.3, -0.25) is 0 Å². The molecule has 16 heavy (non-hydrogen) atoms. The highest BCUT2D eigenvalue weighted by Crippen LogP contribution is 2.46. The molecule has 3 heteroatoms. The summed E-state index contributed by atoms with van der Waals surface area (Å²) in [5.74, 6) is 4.33. The van der Waals surface area contributed by atoms with E-state index >= 15 is 0 Å². The zero-order chi connectivity index (χ0) is 11.0. The largest absolute Gasteiger partial charge is 0.374 e. The first-order valence-electron chi connectivity index (χ1n) is 6.63. The summed E-state index contributed by atoms with van der Waals surface area (Å²) >= 11 is 8.32. The highest BCUT2D eigenvalue weighted by atomic mass is 35.5. The maximum atomic E-state index is 6.24. The molecule has 0 aromatic heterocycles. The van der Waals surface area contributed by atoms with Crippen molar-refractivity contribution < 1.29 is 4.74 Å². The molecular formula is C13H21ClOS. The van der Waals surface area contributed by atoms with Gasteiger partial charge in [-0.05, 0) is 56.1 Å². The Balaban J connectivity index is 1.63. The average molecular weight is 261 g/mol. The van der Waals surface area contributed by atoms with Crippen LogP contribution >= 0.6 is 23.4 Å². The first-order chi connectivity index (χ1) is 7.77. The summed E-state index contributed by atoms with van der Waals surface area (Å²) < 4.78 is 6.09. The maximum Gasteiger partial charge on any atom is 0.0783 e. The molecule has 2 saturated heterocycles. The average Bonchev–Trinajstić information content (AvgIpc) is 2.89. The number of rotatable bonds is 1. The van der Waals surface area contributed by atoms with Crippen LogP contribution in [0.5, 0.6) is 0 Å². The lowest BCUT2D eigenvalue weighted by Crippen LogP contribution is -2.41. The second-order valence-electron chi connectivity index (χ2n) is 5.76. The van der Waals surface area contributed by atoms with Crippen molar-refractivity contribution in [1.82, 2.24) is 0 Å². The third-order valence-corrected chi connectivity index (χ3v) is 6.29. The summed E-state index contributed by atoms with van der Waals surface area (Å²) in [5, 5.41) is 0.460. The van der Waals surface area contributed by atoms with Crippen LogP contribution in [0.15, 0.2) is 0 Å². The van der Waals surface area contributed by atoms with Gasteiger partial charge in [0, 0.05) is 17.7 Å². The van der Waals surface area contributed by atoms with Crippen molar-refractivity contribution in [2.45, 2.75) is 49.5 Å². The van der Waals surface area contributed by atoms with Crippen LogP contribution in [-0.2, 0) is 4.74 Å². The fourth-order valence-electron chi connectivity index (χ4n) is 3.72. The molecule has 1 nitrogen and oxygen atoms in total. The number of ether oxygens (including phenoxy) is 1. The van der Waals surface area contributed by atoms with Gasteiger partial charge >= 0.3 is 0 Å². The fourth-order valence-corrected chi connectivity index (χ4v) is 5.45. The summed E-state index contributed by atoms with van der Waals surface area (Å²) in [6.45, 7) is 0.995. The molecule has 1 aliphatic carbocycles. The van der Waals surface area contributed by atoms with Crippen LogP contribution in [-0.4, -0.2) is 29.1 Å². The van der Waals surface area contributed by atoms with E-state index in [0.29, 0.717) is 5.38 Å². The minimum atomic E-state index is 0.262. The van der Waals surface area contributed by atoms with E-state index in [-0.39, 0.29) is 5.60 Å². The second-order valence-corrected chi connectivity index (χ2v) is 7.48. The Morgan fingerprint density at radius 1 is 1.19 bits per heavy atom. The van der Waals surface area contributed by atoms with Crippen molar-refractivity contribution in [3.8, 4) is 0 Å². The Hall–Kier alpha value is 0.600. The van der Waals surface area contributed by atoms with E-state index in [4.69, 9.17) is 16.3 Å². The maximum absolute atomic E-state index is 6.24. The van der Waals surface area contributed by atoms with Gasteiger partial charge in [-0.25, -0.2) is 0 Å². The van der Waals surface area contributed by atoms with Crippen LogP contribution in [0.25, 0.3) is 0 Å². The summed E-state index contributed by atoms with van der Waals surface area (Å²) in [5.41, 5.74) is 0.262. The molecule has 92 valence electrons.